The molecule has 0 amide bonds. The number of allylic oxidation sites excluding steroid dienone is 1. The number of rotatable bonds is 4. The summed E-state index contributed by atoms with van der Waals surface area (Å²) in [6.45, 7) is 3.67. The van der Waals surface area contributed by atoms with Crippen LogP contribution in [0.25, 0.3) is 0 Å². The van der Waals surface area contributed by atoms with Crippen LogP contribution in [0.4, 0.5) is 0 Å². The Balaban J connectivity index is 2.01. The number of hydrogen-bond acceptors (Lipinski definition) is 2. The SMILES string of the molecule is C=CCC[C@@H]1C[C@@H](c2ccccc2)OC1=O. The number of carbonyl (C=O) groups excluding carboxylic acids is 1. The average Bonchev–Trinajstić information content (AvgIpc) is 2.69. The lowest BCUT2D eigenvalue weighted by atomic mass is 9.96. The fourth-order valence-corrected chi connectivity index (χ4v) is 2.07. The predicted molar refractivity (Wildman–Crippen MR) is 62.8 cm³/mol. The summed E-state index contributed by atoms with van der Waals surface area (Å²) in [7, 11) is 0. The largest absolute Gasteiger partial charge is 0.457 e. The molecule has 1 aliphatic heterocycles. The van der Waals surface area contributed by atoms with Crippen molar-refractivity contribution in [2.45, 2.75) is 25.4 Å². The standard InChI is InChI=1S/C14H16O2/c1-2-3-7-12-10-13(16-14(12)15)11-8-5-4-6-9-11/h2,4-6,8-9,12-13H,1,3,7,10H2/t12-,13+/m1/s1. The highest BCUT2D eigenvalue weighted by atomic mass is 16.5. The number of benzene rings is 1. The molecular weight excluding hydrogens is 200 g/mol. The van der Waals surface area contributed by atoms with Gasteiger partial charge in [-0.05, 0) is 18.4 Å². The van der Waals surface area contributed by atoms with E-state index in [0.717, 1.165) is 24.8 Å². The molecule has 0 aromatic heterocycles. The van der Waals surface area contributed by atoms with Gasteiger partial charge < -0.3 is 4.74 Å². The van der Waals surface area contributed by atoms with E-state index in [2.05, 4.69) is 6.58 Å². The predicted octanol–water partition coefficient (Wildman–Crippen LogP) is 3.26. The van der Waals surface area contributed by atoms with Crippen LogP contribution in [0.5, 0.6) is 0 Å². The lowest BCUT2D eigenvalue weighted by molar-refractivity contribution is -0.144. The Hall–Kier alpha value is -1.57. The van der Waals surface area contributed by atoms with Gasteiger partial charge in [0.25, 0.3) is 0 Å². The summed E-state index contributed by atoms with van der Waals surface area (Å²) < 4.78 is 5.38. The van der Waals surface area contributed by atoms with Crippen LogP contribution in [0.15, 0.2) is 43.0 Å². The second-order valence-electron chi connectivity index (χ2n) is 4.13. The van der Waals surface area contributed by atoms with Crippen LogP contribution in [0, 0.1) is 5.92 Å². The highest BCUT2D eigenvalue weighted by Gasteiger charge is 2.34. The molecule has 1 saturated heterocycles. The summed E-state index contributed by atoms with van der Waals surface area (Å²) >= 11 is 0. The van der Waals surface area contributed by atoms with Crippen molar-refractivity contribution in [2.24, 2.45) is 5.92 Å². The Kier molecular flexibility index (Phi) is 3.40. The van der Waals surface area contributed by atoms with Crippen molar-refractivity contribution in [3.63, 3.8) is 0 Å². The Morgan fingerprint density at radius 1 is 1.38 bits per heavy atom. The van der Waals surface area contributed by atoms with E-state index in [1.54, 1.807) is 0 Å². The highest BCUT2D eigenvalue weighted by Crippen LogP contribution is 2.35. The molecule has 1 heterocycles. The molecule has 0 saturated carbocycles. The fraction of sp³-hybridized carbons (Fsp3) is 0.357. The van der Waals surface area contributed by atoms with Gasteiger partial charge in [-0.1, -0.05) is 36.4 Å². The summed E-state index contributed by atoms with van der Waals surface area (Å²) in [5, 5.41) is 0. The van der Waals surface area contributed by atoms with Crippen LogP contribution in [0.1, 0.15) is 30.9 Å². The van der Waals surface area contributed by atoms with Crippen molar-refractivity contribution in [3.8, 4) is 0 Å². The zero-order chi connectivity index (χ0) is 11.4. The van der Waals surface area contributed by atoms with E-state index in [1.165, 1.54) is 0 Å². The average molecular weight is 216 g/mol. The van der Waals surface area contributed by atoms with Crippen molar-refractivity contribution in [1.29, 1.82) is 0 Å². The highest BCUT2D eigenvalue weighted by molar-refractivity contribution is 5.74. The van der Waals surface area contributed by atoms with Gasteiger partial charge in [-0.2, -0.15) is 0 Å². The maximum absolute atomic E-state index is 11.6. The Bertz CT molecular complexity index is 370. The number of cyclic esters (lactones) is 1. The minimum Gasteiger partial charge on any atom is -0.457 e. The molecule has 0 bridgehead atoms. The number of hydrogen-bond donors (Lipinski definition) is 0. The van der Waals surface area contributed by atoms with Crippen LogP contribution in [0.2, 0.25) is 0 Å². The van der Waals surface area contributed by atoms with Crippen molar-refractivity contribution in [2.75, 3.05) is 0 Å². The van der Waals surface area contributed by atoms with Crippen LogP contribution < -0.4 is 0 Å². The van der Waals surface area contributed by atoms with E-state index in [0.29, 0.717) is 0 Å². The first-order valence-electron chi connectivity index (χ1n) is 5.67. The monoisotopic (exact) mass is 216 g/mol. The first-order chi connectivity index (χ1) is 7.81. The molecule has 1 fully saturated rings. The number of esters is 1. The van der Waals surface area contributed by atoms with Gasteiger partial charge in [0.2, 0.25) is 0 Å². The third-order valence-electron chi connectivity index (χ3n) is 2.98. The minimum atomic E-state index is -0.0595. The summed E-state index contributed by atoms with van der Waals surface area (Å²) in [6, 6.07) is 9.93. The fourth-order valence-electron chi connectivity index (χ4n) is 2.07. The molecular formula is C14H16O2. The molecule has 2 heteroatoms. The lowest BCUT2D eigenvalue weighted by Crippen LogP contribution is -2.06. The molecule has 0 aliphatic carbocycles. The van der Waals surface area contributed by atoms with Crippen molar-refractivity contribution >= 4 is 5.97 Å². The van der Waals surface area contributed by atoms with E-state index in [9.17, 15) is 4.79 Å². The zero-order valence-electron chi connectivity index (χ0n) is 9.26. The Labute approximate surface area is 95.9 Å². The third-order valence-corrected chi connectivity index (χ3v) is 2.98. The van der Waals surface area contributed by atoms with Gasteiger partial charge in [0.05, 0.1) is 5.92 Å². The number of carbonyl (C=O) groups is 1. The molecule has 1 aliphatic rings. The van der Waals surface area contributed by atoms with Gasteiger partial charge >= 0.3 is 5.97 Å². The van der Waals surface area contributed by atoms with Gasteiger partial charge in [0.1, 0.15) is 6.10 Å². The minimum absolute atomic E-state index is 0.0446. The van der Waals surface area contributed by atoms with Crippen LogP contribution in [0.3, 0.4) is 0 Å². The van der Waals surface area contributed by atoms with Gasteiger partial charge in [-0.25, -0.2) is 0 Å². The molecule has 0 unspecified atom stereocenters. The van der Waals surface area contributed by atoms with E-state index < -0.39 is 0 Å². The topological polar surface area (TPSA) is 26.3 Å². The van der Waals surface area contributed by atoms with Crippen molar-refractivity contribution in [1.82, 2.24) is 0 Å². The second kappa shape index (κ2) is 4.97. The summed E-state index contributed by atoms with van der Waals surface area (Å²) in [6.07, 6.45) is 4.33. The molecule has 0 radical (unpaired) electrons. The molecule has 2 rings (SSSR count). The lowest BCUT2D eigenvalue weighted by Gasteiger charge is -2.08. The quantitative estimate of drug-likeness (QED) is 0.570. The molecule has 0 N–H and O–H groups in total. The molecule has 16 heavy (non-hydrogen) atoms. The zero-order valence-corrected chi connectivity index (χ0v) is 9.26. The molecule has 84 valence electrons. The second-order valence-corrected chi connectivity index (χ2v) is 4.13. The van der Waals surface area contributed by atoms with Gasteiger partial charge in [0.15, 0.2) is 0 Å². The normalized spacial score (nSPS) is 24.1. The molecule has 2 nitrogen and oxygen atoms in total. The van der Waals surface area contributed by atoms with E-state index in [4.69, 9.17) is 4.74 Å². The van der Waals surface area contributed by atoms with Crippen LogP contribution in [-0.2, 0) is 9.53 Å². The first kappa shape index (κ1) is 10.9. The van der Waals surface area contributed by atoms with E-state index >= 15 is 0 Å². The van der Waals surface area contributed by atoms with E-state index in [1.807, 2.05) is 36.4 Å². The first-order valence-corrected chi connectivity index (χ1v) is 5.67. The smallest absolute Gasteiger partial charge is 0.309 e. The van der Waals surface area contributed by atoms with Crippen molar-refractivity contribution in [3.05, 3.63) is 48.6 Å². The molecule has 2 atom stereocenters. The molecule has 1 aromatic carbocycles. The Morgan fingerprint density at radius 3 is 2.81 bits per heavy atom. The summed E-state index contributed by atoms with van der Waals surface area (Å²) in [4.78, 5) is 11.6. The Morgan fingerprint density at radius 2 is 2.12 bits per heavy atom. The number of ether oxygens (including phenoxy) is 1. The molecule has 1 aromatic rings. The van der Waals surface area contributed by atoms with Gasteiger partial charge in [-0.3, -0.25) is 4.79 Å². The third kappa shape index (κ3) is 2.32. The molecule has 0 spiro atoms. The maximum Gasteiger partial charge on any atom is 0.309 e. The summed E-state index contributed by atoms with van der Waals surface area (Å²) in [5.74, 6) is -0.0149. The van der Waals surface area contributed by atoms with E-state index in [-0.39, 0.29) is 18.0 Å². The van der Waals surface area contributed by atoms with Gasteiger partial charge in [-0.15, -0.1) is 6.58 Å². The van der Waals surface area contributed by atoms with Crippen LogP contribution >= 0.6 is 0 Å². The summed E-state index contributed by atoms with van der Waals surface area (Å²) in [5.41, 5.74) is 1.09. The van der Waals surface area contributed by atoms with Crippen LogP contribution in [-0.4, -0.2) is 5.97 Å². The maximum atomic E-state index is 11.6. The van der Waals surface area contributed by atoms with Gasteiger partial charge in [0, 0.05) is 6.42 Å². The van der Waals surface area contributed by atoms with Crippen molar-refractivity contribution < 1.29 is 9.53 Å².